The normalized spacial score (nSPS) is 16.6. The fraction of sp³-hybridized carbons (Fsp3) is 0.417. The van der Waals surface area contributed by atoms with Crippen LogP contribution in [0.5, 0.6) is 0 Å². The van der Waals surface area contributed by atoms with E-state index in [4.69, 9.17) is 9.47 Å². The number of morpholine rings is 1. The Bertz CT molecular complexity index is 904. The van der Waals surface area contributed by atoms with Gasteiger partial charge in [-0.1, -0.05) is 18.2 Å². The van der Waals surface area contributed by atoms with Crippen LogP contribution in [0.25, 0.3) is 0 Å². The molecule has 2 aromatic rings. The van der Waals surface area contributed by atoms with E-state index >= 15 is 0 Å². The SMILES string of the molecule is C[C@@H](OC(=O)Cc1ccc2c(c1)CCC2)C(=O)Nc1ccc(N2CCOCC2)cc1. The number of benzene rings is 2. The number of amides is 1. The zero-order valence-electron chi connectivity index (χ0n) is 17.4. The van der Waals surface area contributed by atoms with Gasteiger partial charge in [0.2, 0.25) is 0 Å². The molecule has 0 unspecified atom stereocenters. The molecule has 30 heavy (non-hydrogen) atoms. The molecular weight excluding hydrogens is 380 g/mol. The lowest BCUT2D eigenvalue weighted by Gasteiger charge is -2.28. The molecule has 0 bridgehead atoms. The molecule has 0 spiro atoms. The zero-order chi connectivity index (χ0) is 20.9. The topological polar surface area (TPSA) is 67.9 Å². The first kappa shape index (κ1) is 20.4. The molecule has 158 valence electrons. The van der Waals surface area contributed by atoms with Crippen LogP contribution in [0, 0.1) is 0 Å². The first-order valence-corrected chi connectivity index (χ1v) is 10.6. The summed E-state index contributed by atoms with van der Waals surface area (Å²) in [6.07, 6.45) is 2.69. The molecule has 6 nitrogen and oxygen atoms in total. The van der Waals surface area contributed by atoms with Gasteiger partial charge in [-0.2, -0.15) is 0 Å². The number of esters is 1. The smallest absolute Gasteiger partial charge is 0.311 e. The maximum Gasteiger partial charge on any atom is 0.311 e. The monoisotopic (exact) mass is 408 g/mol. The third kappa shape index (κ3) is 5.00. The number of carbonyl (C=O) groups is 2. The van der Waals surface area contributed by atoms with Crippen LogP contribution in [0.4, 0.5) is 11.4 Å². The molecule has 2 aliphatic rings. The number of carbonyl (C=O) groups excluding carboxylic acids is 2. The Labute approximate surface area is 177 Å². The Morgan fingerprint density at radius 3 is 2.57 bits per heavy atom. The molecule has 1 amide bonds. The van der Waals surface area contributed by atoms with E-state index in [0.29, 0.717) is 5.69 Å². The van der Waals surface area contributed by atoms with Crippen LogP contribution in [0.2, 0.25) is 0 Å². The van der Waals surface area contributed by atoms with Crippen molar-refractivity contribution in [1.82, 2.24) is 0 Å². The summed E-state index contributed by atoms with van der Waals surface area (Å²) in [4.78, 5) is 27.0. The molecule has 0 aromatic heterocycles. The lowest BCUT2D eigenvalue weighted by molar-refractivity contribution is -0.152. The second-order valence-electron chi connectivity index (χ2n) is 7.90. The Balaban J connectivity index is 1.27. The van der Waals surface area contributed by atoms with Gasteiger partial charge in [-0.3, -0.25) is 9.59 Å². The number of fused-ring (bicyclic) bond motifs is 1. The summed E-state index contributed by atoms with van der Waals surface area (Å²) in [6.45, 7) is 4.78. The van der Waals surface area contributed by atoms with Crippen molar-refractivity contribution in [3.05, 3.63) is 59.2 Å². The van der Waals surface area contributed by atoms with E-state index in [9.17, 15) is 9.59 Å². The van der Waals surface area contributed by atoms with Crippen molar-refractivity contribution in [3.63, 3.8) is 0 Å². The number of nitrogens with one attached hydrogen (secondary N) is 1. The van der Waals surface area contributed by atoms with Gasteiger partial charge < -0.3 is 19.7 Å². The van der Waals surface area contributed by atoms with Gasteiger partial charge in [0.1, 0.15) is 0 Å². The Morgan fingerprint density at radius 1 is 1.07 bits per heavy atom. The molecule has 1 aliphatic carbocycles. The van der Waals surface area contributed by atoms with Gasteiger partial charge in [-0.05, 0) is 67.1 Å². The minimum Gasteiger partial charge on any atom is -0.452 e. The van der Waals surface area contributed by atoms with Crippen LogP contribution < -0.4 is 10.2 Å². The number of rotatable bonds is 6. The number of aryl methyl sites for hydroxylation is 2. The summed E-state index contributed by atoms with van der Waals surface area (Å²) in [7, 11) is 0. The van der Waals surface area contributed by atoms with Crippen molar-refractivity contribution in [2.75, 3.05) is 36.5 Å². The molecule has 6 heteroatoms. The molecule has 0 radical (unpaired) electrons. The average Bonchev–Trinajstić information content (AvgIpc) is 3.22. The van der Waals surface area contributed by atoms with Gasteiger partial charge >= 0.3 is 5.97 Å². The highest BCUT2D eigenvalue weighted by Gasteiger charge is 2.19. The highest BCUT2D eigenvalue weighted by molar-refractivity contribution is 5.95. The minimum atomic E-state index is -0.856. The highest BCUT2D eigenvalue weighted by atomic mass is 16.5. The first-order chi connectivity index (χ1) is 14.6. The molecule has 1 atom stereocenters. The summed E-state index contributed by atoms with van der Waals surface area (Å²) in [5.41, 5.74) is 5.42. The molecule has 0 saturated carbocycles. The third-order valence-electron chi connectivity index (χ3n) is 5.70. The Morgan fingerprint density at radius 2 is 1.80 bits per heavy atom. The zero-order valence-corrected chi connectivity index (χ0v) is 17.4. The molecule has 1 aliphatic heterocycles. The first-order valence-electron chi connectivity index (χ1n) is 10.6. The fourth-order valence-electron chi connectivity index (χ4n) is 4.02. The quantitative estimate of drug-likeness (QED) is 0.744. The van der Waals surface area contributed by atoms with Gasteiger partial charge in [0.05, 0.1) is 19.6 Å². The summed E-state index contributed by atoms with van der Waals surface area (Å²) in [5.74, 6) is -0.727. The lowest BCUT2D eigenvalue weighted by Crippen LogP contribution is -2.36. The second-order valence-corrected chi connectivity index (χ2v) is 7.90. The highest BCUT2D eigenvalue weighted by Crippen LogP contribution is 2.23. The maximum atomic E-state index is 12.4. The Hall–Kier alpha value is -2.86. The van der Waals surface area contributed by atoms with Gasteiger partial charge in [0.25, 0.3) is 5.91 Å². The van der Waals surface area contributed by atoms with Gasteiger partial charge in [0.15, 0.2) is 6.10 Å². The number of ether oxygens (including phenoxy) is 2. The van der Waals surface area contributed by atoms with E-state index in [0.717, 1.165) is 50.4 Å². The molecule has 1 saturated heterocycles. The van der Waals surface area contributed by atoms with Crippen molar-refractivity contribution in [1.29, 1.82) is 0 Å². The second kappa shape index (κ2) is 9.30. The number of hydrogen-bond acceptors (Lipinski definition) is 5. The van der Waals surface area contributed by atoms with Gasteiger partial charge in [-0.15, -0.1) is 0 Å². The molecular formula is C24H28N2O4. The van der Waals surface area contributed by atoms with Crippen LogP contribution in [0.15, 0.2) is 42.5 Å². The molecule has 4 rings (SSSR count). The largest absolute Gasteiger partial charge is 0.452 e. The van der Waals surface area contributed by atoms with Crippen LogP contribution in [0.1, 0.15) is 30.0 Å². The van der Waals surface area contributed by atoms with E-state index in [1.165, 1.54) is 17.5 Å². The van der Waals surface area contributed by atoms with Crippen LogP contribution in [-0.2, 0) is 38.3 Å². The molecule has 1 fully saturated rings. The fourth-order valence-corrected chi connectivity index (χ4v) is 4.02. The van der Waals surface area contributed by atoms with Crippen LogP contribution in [0.3, 0.4) is 0 Å². The Kier molecular flexibility index (Phi) is 6.33. The maximum absolute atomic E-state index is 12.4. The van der Waals surface area contributed by atoms with E-state index < -0.39 is 12.1 Å². The van der Waals surface area contributed by atoms with E-state index in [1.54, 1.807) is 6.92 Å². The summed E-state index contributed by atoms with van der Waals surface area (Å²) >= 11 is 0. The third-order valence-corrected chi connectivity index (χ3v) is 5.70. The van der Waals surface area contributed by atoms with Crippen molar-refractivity contribution in [2.45, 2.75) is 38.7 Å². The standard InChI is InChI=1S/C24H28N2O4/c1-17(30-23(27)16-18-5-6-19-3-2-4-20(19)15-18)24(28)25-21-7-9-22(10-8-21)26-11-13-29-14-12-26/h5-10,15,17H,2-4,11-14,16H2,1H3,(H,25,28)/t17-/m1/s1. The molecule has 1 heterocycles. The summed E-state index contributed by atoms with van der Waals surface area (Å²) < 4.78 is 10.7. The van der Waals surface area contributed by atoms with Crippen molar-refractivity contribution in [3.8, 4) is 0 Å². The average molecular weight is 408 g/mol. The predicted molar refractivity (Wildman–Crippen MR) is 116 cm³/mol. The van der Waals surface area contributed by atoms with E-state index in [2.05, 4.69) is 22.3 Å². The van der Waals surface area contributed by atoms with Crippen molar-refractivity contribution < 1.29 is 19.1 Å². The number of hydrogen-bond donors (Lipinski definition) is 1. The van der Waals surface area contributed by atoms with Crippen LogP contribution >= 0.6 is 0 Å². The molecule has 2 aromatic carbocycles. The minimum absolute atomic E-state index is 0.180. The van der Waals surface area contributed by atoms with Gasteiger partial charge in [-0.25, -0.2) is 0 Å². The van der Waals surface area contributed by atoms with Crippen molar-refractivity contribution >= 4 is 23.3 Å². The van der Waals surface area contributed by atoms with Crippen LogP contribution in [-0.4, -0.2) is 44.3 Å². The van der Waals surface area contributed by atoms with E-state index in [1.807, 2.05) is 30.3 Å². The lowest BCUT2D eigenvalue weighted by atomic mass is 10.0. The summed E-state index contributed by atoms with van der Waals surface area (Å²) in [5, 5.41) is 2.82. The molecule has 1 N–H and O–H groups in total. The summed E-state index contributed by atoms with van der Waals surface area (Å²) in [6, 6.07) is 13.8. The van der Waals surface area contributed by atoms with E-state index in [-0.39, 0.29) is 12.3 Å². The van der Waals surface area contributed by atoms with Gasteiger partial charge in [0, 0.05) is 24.5 Å². The van der Waals surface area contributed by atoms with Crippen molar-refractivity contribution in [2.24, 2.45) is 0 Å². The number of anilines is 2. The number of nitrogens with zero attached hydrogens (tertiary/aromatic N) is 1. The predicted octanol–water partition coefficient (Wildman–Crippen LogP) is 3.12.